The summed E-state index contributed by atoms with van der Waals surface area (Å²) < 4.78 is 12.5. The Kier molecular flexibility index (Phi) is 4.54. The molecule has 23 heavy (non-hydrogen) atoms. The van der Waals surface area contributed by atoms with Crippen LogP contribution in [0.2, 0.25) is 0 Å². The van der Waals surface area contributed by atoms with Crippen LogP contribution in [0.5, 0.6) is 5.88 Å². The SMILES string of the molecule is CC(C)(C)OC(=O)N1C[C@@H]2CC[C@H]1[C@H](Oc1ccc(Br)cn1)C2. The number of hydrogen-bond acceptors (Lipinski definition) is 4. The van der Waals surface area contributed by atoms with Crippen LogP contribution >= 0.6 is 15.9 Å². The summed E-state index contributed by atoms with van der Waals surface area (Å²) in [4.78, 5) is 18.6. The minimum Gasteiger partial charge on any atom is -0.472 e. The van der Waals surface area contributed by atoms with Crippen LogP contribution in [0.15, 0.2) is 22.8 Å². The van der Waals surface area contributed by atoms with E-state index in [1.54, 1.807) is 6.20 Å². The average molecular weight is 383 g/mol. The summed E-state index contributed by atoms with van der Waals surface area (Å²) in [6.45, 7) is 6.46. The molecule has 1 aromatic rings. The molecule has 2 bridgehead atoms. The van der Waals surface area contributed by atoms with Gasteiger partial charge >= 0.3 is 6.09 Å². The average Bonchev–Trinajstić information content (AvgIpc) is 2.48. The van der Waals surface area contributed by atoms with Crippen LogP contribution < -0.4 is 4.74 Å². The molecule has 3 aliphatic rings. The van der Waals surface area contributed by atoms with E-state index >= 15 is 0 Å². The number of ether oxygens (including phenoxy) is 2. The number of pyridine rings is 1. The second kappa shape index (κ2) is 6.30. The van der Waals surface area contributed by atoms with E-state index in [1.807, 2.05) is 37.8 Å². The Labute approximate surface area is 145 Å². The van der Waals surface area contributed by atoms with Gasteiger partial charge in [-0.25, -0.2) is 9.78 Å². The normalized spacial score (nSPS) is 27.0. The molecule has 0 N–H and O–H groups in total. The number of fused-ring (bicyclic) bond motifs is 3. The largest absolute Gasteiger partial charge is 0.472 e. The number of aromatic nitrogens is 1. The third-order valence-corrected chi connectivity index (χ3v) is 4.79. The predicted octanol–water partition coefficient (Wildman–Crippen LogP) is 4.01. The minimum atomic E-state index is -0.475. The standard InChI is InChI=1S/C17H23BrN2O3/c1-17(2,3)23-16(21)20-10-11-4-6-13(20)14(8-11)22-15-7-5-12(18)9-19-15/h5,7,9,11,13-14H,4,6,8,10H2,1-3H3/t11-,13+,14-/m1/s1. The quantitative estimate of drug-likeness (QED) is 0.775. The second-order valence-electron chi connectivity index (χ2n) is 7.35. The Hall–Kier alpha value is -1.30. The maximum absolute atomic E-state index is 12.5. The first-order chi connectivity index (χ1) is 10.8. The lowest BCUT2D eigenvalue weighted by molar-refractivity contribution is -0.0561. The van der Waals surface area contributed by atoms with E-state index in [0.717, 1.165) is 30.3 Å². The number of carbonyl (C=O) groups excluding carboxylic acids is 1. The van der Waals surface area contributed by atoms with Crippen LogP contribution in [0, 0.1) is 5.92 Å². The van der Waals surface area contributed by atoms with E-state index in [9.17, 15) is 4.79 Å². The number of halogens is 1. The molecular weight excluding hydrogens is 360 g/mol. The fourth-order valence-corrected chi connectivity index (χ4v) is 3.61. The fourth-order valence-electron chi connectivity index (χ4n) is 3.38. The molecule has 1 aromatic heterocycles. The maximum Gasteiger partial charge on any atom is 0.410 e. The summed E-state index contributed by atoms with van der Waals surface area (Å²) in [5, 5.41) is 0. The lowest BCUT2D eigenvalue weighted by Gasteiger charge is -2.49. The van der Waals surface area contributed by atoms with Crippen molar-refractivity contribution < 1.29 is 14.3 Å². The Morgan fingerprint density at radius 1 is 1.35 bits per heavy atom. The smallest absolute Gasteiger partial charge is 0.410 e. The fraction of sp³-hybridized carbons (Fsp3) is 0.647. The Balaban J connectivity index is 1.70. The molecule has 3 heterocycles. The third kappa shape index (κ3) is 3.97. The van der Waals surface area contributed by atoms with Crippen molar-refractivity contribution in [2.75, 3.05) is 6.54 Å². The van der Waals surface area contributed by atoms with E-state index in [0.29, 0.717) is 11.8 Å². The summed E-state index contributed by atoms with van der Waals surface area (Å²) in [5.74, 6) is 1.09. The van der Waals surface area contributed by atoms with E-state index in [1.165, 1.54) is 0 Å². The van der Waals surface area contributed by atoms with Gasteiger partial charge in [-0.3, -0.25) is 0 Å². The van der Waals surface area contributed by atoms with Crippen molar-refractivity contribution in [3.63, 3.8) is 0 Å². The molecule has 0 unspecified atom stereocenters. The zero-order valence-electron chi connectivity index (χ0n) is 13.8. The van der Waals surface area contributed by atoms with Gasteiger partial charge in [-0.1, -0.05) is 0 Å². The van der Waals surface area contributed by atoms with Crippen LogP contribution in [0.25, 0.3) is 0 Å². The van der Waals surface area contributed by atoms with Crippen LogP contribution in [0.4, 0.5) is 4.79 Å². The van der Waals surface area contributed by atoms with Gasteiger partial charge in [-0.05, 0) is 67.9 Å². The highest BCUT2D eigenvalue weighted by molar-refractivity contribution is 9.10. The Bertz CT molecular complexity index is 570. The maximum atomic E-state index is 12.5. The molecule has 6 heteroatoms. The molecule has 4 rings (SSSR count). The number of rotatable bonds is 2. The molecule has 0 radical (unpaired) electrons. The summed E-state index contributed by atoms with van der Waals surface area (Å²) in [5.41, 5.74) is -0.475. The molecule has 1 amide bonds. The molecule has 2 aliphatic heterocycles. The van der Waals surface area contributed by atoms with Crippen molar-refractivity contribution in [3.8, 4) is 5.88 Å². The highest BCUT2D eigenvalue weighted by Gasteiger charge is 2.45. The molecule has 3 fully saturated rings. The van der Waals surface area contributed by atoms with Crippen molar-refractivity contribution in [2.45, 2.75) is 57.8 Å². The zero-order chi connectivity index (χ0) is 16.6. The third-order valence-electron chi connectivity index (χ3n) is 4.32. The number of amides is 1. The van der Waals surface area contributed by atoms with Crippen LogP contribution in [0.3, 0.4) is 0 Å². The van der Waals surface area contributed by atoms with Crippen molar-refractivity contribution in [3.05, 3.63) is 22.8 Å². The molecule has 0 aromatic carbocycles. The van der Waals surface area contributed by atoms with E-state index < -0.39 is 5.60 Å². The monoisotopic (exact) mass is 382 g/mol. The van der Waals surface area contributed by atoms with Crippen LogP contribution in [-0.2, 0) is 4.74 Å². The van der Waals surface area contributed by atoms with E-state index in [4.69, 9.17) is 9.47 Å². The van der Waals surface area contributed by atoms with Gasteiger partial charge in [-0.2, -0.15) is 0 Å². The summed E-state index contributed by atoms with van der Waals surface area (Å²) >= 11 is 3.37. The summed E-state index contributed by atoms with van der Waals surface area (Å²) in [6, 6.07) is 3.83. The van der Waals surface area contributed by atoms with Crippen molar-refractivity contribution in [1.82, 2.24) is 9.88 Å². The van der Waals surface area contributed by atoms with E-state index in [-0.39, 0.29) is 18.2 Å². The van der Waals surface area contributed by atoms with Gasteiger partial charge in [0.25, 0.3) is 0 Å². The topological polar surface area (TPSA) is 51.7 Å². The second-order valence-corrected chi connectivity index (χ2v) is 8.27. The predicted molar refractivity (Wildman–Crippen MR) is 90.4 cm³/mol. The number of nitrogens with zero attached hydrogens (tertiary/aromatic N) is 2. The van der Waals surface area contributed by atoms with Gasteiger partial charge in [0.2, 0.25) is 5.88 Å². The number of hydrogen-bond donors (Lipinski definition) is 0. The molecule has 2 saturated heterocycles. The number of piperidine rings is 2. The van der Waals surface area contributed by atoms with Crippen molar-refractivity contribution in [2.24, 2.45) is 5.92 Å². The van der Waals surface area contributed by atoms with Gasteiger partial charge in [0.05, 0.1) is 6.04 Å². The highest BCUT2D eigenvalue weighted by atomic mass is 79.9. The van der Waals surface area contributed by atoms with Crippen LogP contribution in [0.1, 0.15) is 40.0 Å². The first-order valence-corrected chi connectivity index (χ1v) is 8.89. The zero-order valence-corrected chi connectivity index (χ0v) is 15.4. The first-order valence-electron chi connectivity index (χ1n) is 8.09. The van der Waals surface area contributed by atoms with Gasteiger partial charge in [0, 0.05) is 23.3 Å². The lowest BCUT2D eigenvalue weighted by Crippen LogP contribution is -2.60. The molecule has 1 saturated carbocycles. The molecular formula is C17H23BrN2O3. The number of carbonyl (C=O) groups is 1. The van der Waals surface area contributed by atoms with Crippen molar-refractivity contribution in [1.29, 1.82) is 0 Å². The van der Waals surface area contributed by atoms with Gasteiger partial charge in [0.15, 0.2) is 0 Å². The van der Waals surface area contributed by atoms with Gasteiger partial charge < -0.3 is 14.4 Å². The summed E-state index contributed by atoms with van der Waals surface area (Å²) in [7, 11) is 0. The minimum absolute atomic E-state index is 0.0105. The molecule has 5 nitrogen and oxygen atoms in total. The van der Waals surface area contributed by atoms with Gasteiger partial charge in [-0.15, -0.1) is 0 Å². The molecule has 1 aliphatic carbocycles. The molecule has 3 atom stereocenters. The van der Waals surface area contributed by atoms with E-state index in [2.05, 4.69) is 20.9 Å². The first kappa shape index (κ1) is 16.6. The Morgan fingerprint density at radius 2 is 2.13 bits per heavy atom. The lowest BCUT2D eigenvalue weighted by atomic mass is 9.78. The van der Waals surface area contributed by atoms with Crippen molar-refractivity contribution >= 4 is 22.0 Å². The molecule has 126 valence electrons. The summed E-state index contributed by atoms with van der Waals surface area (Å²) in [6.07, 6.45) is 4.57. The van der Waals surface area contributed by atoms with Gasteiger partial charge in [0.1, 0.15) is 11.7 Å². The van der Waals surface area contributed by atoms with Crippen LogP contribution in [-0.4, -0.2) is 40.3 Å². The highest BCUT2D eigenvalue weighted by Crippen LogP contribution is 2.37. The molecule has 0 spiro atoms. The Morgan fingerprint density at radius 3 is 2.74 bits per heavy atom.